The molecule has 0 N–H and O–H groups in total. The van der Waals surface area contributed by atoms with Crippen LogP contribution in [0.1, 0.15) is 41.5 Å². The third-order valence-electron chi connectivity index (χ3n) is 6.15. The number of hydrogen-bond acceptors (Lipinski definition) is 2. The predicted octanol–water partition coefficient (Wildman–Crippen LogP) is 3.36. The number of ether oxygens (including phenoxy) is 1. The molecule has 1 heterocycles. The number of rotatable bonds is 2. The molecule has 0 aromatic rings. The zero-order chi connectivity index (χ0) is 13.4. The first-order valence-corrected chi connectivity index (χ1v) is 7.49. The number of carbonyl (C=O) groups excluding carboxylic acids is 1. The lowest BCUT2D eigenvalue weighted by Gasteiger charge is -2.37. The molecule has 18 heavy (non-hydrogen) atoms. The van der Waals surface area contributed by atoms with E-state index in [4.69, 9.17) is 4.74 Å². The van der Waals surface area contributed by atoms with Gasteiger partial charge in [-0.3, -0.25) is 4.79 Å². The maximum atomic E-state index is 12.2. The van der Waals surface area contributed by atoms with Crippen molar-refractivity contribution in [2.24, 2.45) is 46.8 Å². The second-order valence-corrected chi connectivity index (χ2v) is 7.94. The van der Waals surface area contributed by atoms with Gasteiger partial charge in [0.25, 0.3) is 0 Å². The molecule has 1 saturated heterocycles. The van der Waals surface area contributed by atoms with Crippen molar-refractivity contribution in [3.05, 3.63) is 0 Å². The Labute approximate surface area is 110 Å². The molecule has 3 fully saturated rings. The van der Waals surface area contributed by atoms with Crippen molar-refractivity contribution in [2.75, 3.05) is 0 Å². The molecule has 2 aliphatic carbocycles. The summed E-state index contributed by atoms with van der Waals surface area (Å²) in [6.45, 7) is 13.9. The Morgan fingerprint density at radius 3 is 2.06 bits per heavy atom. The highest BCUT2D eigenvalue weighted by Crippen LogP contribution is 2.71. The molecule has 2 nitrogen and oxygen atoms in total. The molecule has 2 heteroatoms. The summed E-state index contributed by atoms with van der Waals surface area (Å²) >= 11 is 0. The molecule has 3 rings (SSSR count). The number of hydrogen-bond donors (Lipinski definition) is 0. The molecule has 3 aliphatic rings. The molecule has 0 radical (unpaired) electrons. The monoisotopic (exact) mass is 250 g/mol. The third kappa shape index (κ3) is 1.22. The molecule has 0 spiro atoms. The minimum absolute atomic E-state index is 0.0995. The van der Waals surface area contributed by atoms with Crippen molar-refractivity contribution in [1.82, 2.24) is 0 Å². The van der Waals surface area contributed by atoms with E-state index in [1.54, 1.807) is 0 Å². The Balaban J connectivity index is 2.10. The molecule has 6 atom stereocenters. The first-order valence-electron chi connectivity index (χ1n) is 7.49. The van der Waals surface area contributed by atoms with Gasteiger partial charge < -0.3 is 4.74 Å². The van der Waals surface area contributed by atoms with E-state index in [1.807, 2.05) is 0 Å². The van der Waals surface area contributed by atoms with Gasteiger partial charge in [-0.25, -0.2) is 0 Å². The molecule has 0 amide bonds. The third-order valence-corrected chi connectivity index (χ3v) is 6.15. The van der Waals surface area contributed by atoms with Crippen LogP contribution in [0.25, 0.3) is 0 Å². The number of carbonyl (C=O) groups is 1. The van der Waals surface area contributed by atoms with Crippen LogP contribution in [-0.2, 0) is 9.53 Å². The van der Waals surface area contributed by atoms with E-state index in [9.17, 15) is 4.79 Å². The fourth-order valence-electron chi connectivity index (χ4n) is 5.76. The average Bonchev–Trinajstić information content (AvgIpc) is 2.70. The molecule has 1 aliphatic heterocycles. The van der Waals surface area contributed by atoms with E-state index >= 15 is 0 Å². The summed E-state index contributed by atoms with van der Waals surface area (Å²) < 4.78 is 5.79. The van der Waals surface area contributed by atoms with E-state index in [-0.39, 0.29) is 23.4 Å². The Hall–Kier alpha value is -0.530. The van der Waals surface area contributed by atoms with Crippen LogP contribution >= 0.6 is 0 Å². The molecule has 2 saturated carbocycles. The average molecular weight is 250 g/mol. The van der Waals surface area contributed by atoms with Gasteiger partial charge in [-0.1, -0.05) is 41.5 Å². The lowest BCUT2D eigenvalue weighted by Crippen LogP contribution is -2.38. The van der Waals surface area contributed by atoms with Gasteiger partial charge in [0.15, 0.2) is 0 Å². The van der Waals surface area contributed by atoms with Crippen LogP contribution < -0.4 is 0 Å². The summed E-state index contributed by atoms with van der Waals surface area (Å²) in [6, 6.07) is 0. The zero-order valence-electron chi connectivity index (χ0n) is 12.4. The highest BCUT2D eigenvalue weighted by Gasteiger charge is 2.74. The van der Waals surface area contributed by atoms with Gasteiger partial charge in [0.2, 0.25) is 0 Å². The maximum absolute atomic E-state index is 12.2. The highest BCUT2D eigenvalue weighted by atomic mass is 16.6. The molecule has 0 aromatic heterocycles. The van der Waals surface area contributed by atoms with E-state index in [2.05, 4.69) is 41.5 Å². The first-order chi connectivity index (χ1) is 8.28. The SMILES string of the molecule is CC(C)C1C2OC(=O)C3C(C(C)C)C1C(C)(C)C23. The van der Waals surface area contributed by atoms with Crippen LogP contribution in [0.15, 0.2) is 0 Å². The summed E-state index contributed by atoms with van der Waals surface area (Å²) in [7, 11) is 0. The minimum Gasteiger partial charge on any atom is -0.461 e. The van der Waals surface area contributed by atoms with Gasteiger partial charge >= 0.3 is 5.97 Å². The molecule has 102 valence electrons. The lowest BCUT2D eigenvalue weighted by molar-refractivity contribution is -0.145. The van der Waals surface area contributed by atoms with E-state index in [0.717, 1.165) is 0 Å². The van der Waals surface area contributed by atoms with Crippen molar-refractivity contribution in [3.8, 4) is 0 Å². The topological polar surface area (TPSA) is 26.3 Å². The summed E-state index contributed by atoms with van der Waals surface area (Å²) in [5.74, 6) is 3.70. The highest BCUT2D eigenvalue weighted by molar-refractivity contribution is 5.77. The van der Waals surface area contributed by atoms with E-state index in [0.29, 0.717) is 35.5 Å². The molecule has 0 aromatic carbocycles. The Kier molecular flexibility index (Phi) is 2.44. The van der Waals surface area contributed by atoms with Crippen molar-refractivity contribution < 1.29 is 9.53 Å². The Bertz CT molecular complexity index is 383. The van der Waals surface area contributed by atoms with Crippen LogP contribution in [0.4, 0.5) is 0 Å². The molecule has 6 unspecified atom stereocenters. The van der Waals surface area contributed by atoms with Gasteiger partial charge in [-0.2, -0.15) is 0 Å². The second kappa shape index (κ2) is 3.52. The quantitative estimate of drug-likeness (QED) is 0.702. The van der Waals surface area contributed by atoms with Crippen LogP contribution in [0.5, 0.6) is 0 Å². The largest absolute Gasteiger partial charge is 0.461 e. The fourth-order valence-corrected chi connectivity index (χ4v) is 5.76. The zero-order valence-corrected chi connectivity index (χ0v) is 12.4. The normalized spacial score (nSPS) is 48.3. The van der Waals surface area contributed by atoms with Crippen LogP contribution in [0.3, 0.4) is 0 Å². The van der Waals surface area contributed by atoms with Crippen LogP contribution in [-0.4, -0.2) is 12.1 Å². The summed E-state index contributed by atoms with van der Waals surface area (Å²) in [6.07, 6.45) is 0.206. The van der Waals surface area contributed by atoms with Gasteiger partial charge in [-0.15, -0.1) is 0 Å². The van der Waals surface area contributed by atoms with Crippen molar-refractivity contribution in [2.45, 2.75) is 47.6 Å². The van der Waals surface area contributed by atoms with Gasteiger partial charge in [0.05, 0.1) is 5.92 Å². The summed E-state index contributed by atoms with van der Waals surface area (Å²) in [5.41, 5.74) is 0.269. The van der Waals surface area contributed by atoms with Crippen LogP contribution in [0, 0.1) is 46.8 Å². The molecular weight excluding hydrogens is 224 g/mol. The Morgan fingerprint density at radius 2 is 1.56 bits per heavy atom. The second-order valence-electron chi connectivity index (χ2n) is 7.94. The molecule has 2 bridgehead atoms. The lowest BCUT2D eigenvalue weighted by atomic mass is 9.66. The summed E-state index contributed by atoms with van der Waals surface area (Å²) in [4.78, 5) is 12.2. The van der Waals surface area contributed by atoms with Crippen molar-refractivity contribution in [3.63, 3.8) is 0 Å². The summed E-state index contributed by atoms with van der Waals surface area (Å²) in [5, 5.41) is 0. The number of fused-ring (bicyclic) bond motifs is 1. The van der Waals surface area contributed by atoms with E-state index < -0.39 is 0 Å². The van der Waals surface area contributed by atoms with Gasteiger partial charge in [-0.05, 0) is 29.1 Å². The predicted molar refractivity (Wildman–Crippen MR) is 70.8 cm³/mol. The first kappa shape index (κ1) is 12.5. The van der Waals surface area contributed by atoms with Gasteiger partial charge in [0.1, 0.15) is 6.10 Å². The standard InChI is InChI=1S/C16H26O2/c1-7(2)9-11-13-14(18-15(11)17)10(8(3)4)12(9)16(13,5)6/h7-14H,1-6H3. The van der Waals surface area contributed by atoms with E-state index in [1.165, 1.54) is 0 Å². The smallest absolute Gasteiger partial charge is 0.309 e. The number of esters is 1. The fraction of sp³-hybridized carbons (Fsp3) is 0.938. The minimum atomic E-state index is 0.0995. The van der Waals surface area contributed by atoms with Crippen LogP contribution in [0.2, 0.25) is 0 Å². The molecular formula is C16H26O2. The van der Waals surface area contributed by atoms with Crippen molar-refractivity contribution >= 4 is 5.97 Å². The van der Waals surface area contributed by atoms with Gasteiger partial charge in [0, 0.05) is 11.8 Å². The van der Waals surface area contributed by atoms with Crippen molar-refractivity contribution in [1.29, 1.82) is 0 Å². The maximum Gasteiger partial charge on any atom is 0.309 e. The Morgan fingerprint density at radius 1 is 1.00 bits per heavy atom.